The molecule has 5 heteroatoms. The molecule has 0 spiro atoms. The Bertz CT molecular complexity index is 382. The van der Waals surface area contributed by atoms with Crippen molar-refractivity contribution in [2.45, 2.75) is 18.9 Å². The largest absolute Gasteiger partial charge is 0.380 e. The third-order valence-electron chi connectivity index (χ3n) is 3.16. The highest BCUT2D eigenvalue weighted by Gasteiger charge is 2.21. The molecule has 1 aliphatic rings. The zero-order chi connectivity index (χ0) is 12.8. The van der Waals surface area contributed by atoms with Gasteiger partial charge in [-0.25, -0.2) is 0 Å². The van der Waals surface area contributed by atoms with Crippen LogP contribution < -0.4 is 5.32 Å². The van der Waals surface area contributed by atoms with Crippen molar-refractivity contribution in [1.82, 2.24) is 9.88 Å². The topological polar surface area (TPSA) is 45.2 Å². The molecular weight excluding hydrogens is 233 g/mol. The average molecular weight is 251 g/mol. The second-order valence-corrected chi connectivity index (χ2v) is 4.56. The molecular formula is C13H18FN3O. The van der Waals surface area contributed by atoms with Crippen molar-refractivity contribution in [3.05, 3.63) is 24.0 Å². The highest BCUT2D eigenvalue weighted by molar-refractivity contribution is 5.72. The maximum atomic E-state index is 12.1. The van der Waals surface area contributed by atoms with E-state index in [1.165, 1.54) is 0 Å². The molecule has 0 amide bonds. The summed E-state index contributed by atoms with van der Waals surface area (Å²) in [5.74, 6) is 0. The molecule has 0 aromatic carbocycles. The molecule has 18 heavy (non-hydrogen) atoms. The molecule has 1 atom stereocenters. The molecule has 0 aliphatic carbocycles. The van der Waals surface area contributed by atoms with Gasteiger partial charge in [0.15, 0.2) is 6.29 Å². The van der Waals surface area contributed by atoms with Crippen molar-refractivity contribution < 1.29 is 9.18 Å². The summed E-state index contributed by atoms with van der Waals surface area (Å²) in [4.78, 5) is 16.8. The van der Waals surface area contributed by atoms with E-state index in [9.17, 15) is 9.18 Å². The lowest BCUT2D eigenvalue weighted by atomic mass is 10.2. The van der Waals surface area contributed by atoms with Gasteiger partial charge in [-0.3, -0.25) is 14.2 Å². The molecule has 1 N–H and O–H groups in total. The minimum atomic E-state index is -0.244. The predicted molar refractivity (Wildman–Crippen MR) is 68.7 cm³/mol. The third-order valence-corrected chi connectivity index (χ3v) is 3.16. The number of pyridine rings is 1. The highest BCUT2D eigenvalue weighted by atomic mass is 19.1. The van der Waals surface area contributed by atoms with E-state index < -0.39 is 0 Å². The van der Waals surface area contributed by atoms with E-state index in [0.717, 1.165) is 38.0 Å². The molecule has 0 radical (unpaired) electrons. The fourth-order valence-corrected chi connectivity index (χ4v) is 2.23. The Kier molecular flexibility index (Phi) is 4.64. The summed E-state index contributed by atoms with van der Waals surface area (Å²) in [5, 5.41) is 3.38. The Hall–Kier alpha value is -1.49. The minimum Gasteiger partial charge on any atom is -0.380 e. The lowest BCUT2D eigenvalue weighted by Gasteiger charge is -2.16. The predicted octanol–water partition coefficient (Wildman–Crippen LogP) is 1.74. The van der Waals surface area contributed by atoms with Gasteiger partial charge in [0.25, 0.3) is 0 Å². The molecule has 0 bridgehead atoms. The average Bonchev–Trinajstić information content (AvgIpc) is 2.85. The van der Waals surface area contributed by atoms with Gasteiger partial charge < -0.3 is 10.2 Å². The maximum Gasteiger partial charge on any atom is 0.168 e. The highest BCUT2D eigenvalue weighted by Crippen LogP contribution is 2.15. The van der Waals surface area contributed by atoms with Gasteiger partial charge in [0.05, 0.1) is 18.6 Å². The molecule has 4 nitrogen and oxygen atoms in total. The van der Waals surface area contributed by atoms with Crippen LogP contribution in [0.1, 0.15) is 23.3 Å². The number of carbonyl (C=O) groups is 1. The van der Waals surface area contributed by atoms with Gasteiger partial charge in [-0.2, -0.15) is 0 Å². The summed E-state index contributed by atoms with van der Waals surface area (Å²) in [6, 6.07) is 3.94. The minimum absolute atomic E-state index is 0.244. The number of anilines is 1. The first kappa shape index (κ1) is 13.0. The van der Waals surface area contributed by atoms with Crippen LogP contribution in [0.25, 0.3) is 0 Å². The van der Waals surface area contributed by atoms with Gasteiger partial charge in [0.2, 0.25) is 0 Å². The Morgan fingerprint density at radius 1 is 1.56 bits per heavy atom. The molecule has 2 heterocycles. The number of nitrogens with zero attached hydrogens (tertiary/aromatic N) is 2. The van der Waals surface area contributed by atoms with E-state index in [1.54, 1.807) is 12.3 Å². The lowest BCUT2D eigenvalue weighted by molar-refractivity contribution is 0.111. The van der Waals surface area contributed by atoms with E-state index in [4.69, 9.17) is 0 Å². The summed E-state index contributed by atoms with van der Waals surface area (Å²) in [5.41, 5.74) is 1.37. The van der Waals surface area contributed by atoms with Crippen LogP contribution in [0.5, 0.6) is 0 Å². The molecule has 2 rings (SSSR count). The van der Waals surface area contributed by atoms with Crippen molar-refractivity contribution in [3.8, 4) is 0 Å². The molecule has 1 unspecified atom stereocenters. The van der Waals surface area contributed by atoms with Crippen molar-refractivity contribution in [1.29, 1.82) is 0 Å². The molecule has 1 aliphatic heterocycles. The fourth-order valence-electron chi connectivity index (χ4n) is 2.23. The van der Waals surface area contributed by atoms with Gasteiger partial charge in [0.1, 0.15) is 5.69 Å². The first-order chi connectivity index (χ1) is 8.81. The van der Waals surface area contributed by atoms with Gasteiger partial charge in [-0.15, -0.1) is 0 Å². The number of hydrogen-bond acceptors (Lipinski definition) is 4. The zero-order valence-electron chi connectivity index (χ0n) is 10.3. The third kappa shape index (κ3) is 3.50. The fraction of sp³-hybridized carbons (Fsp3) is 0.538. The Morgan fingerprint density at radius 3 is 3.11 bits per heavy atom. The summed E-state index contributed by atoms with van der Waals surface area (Å²) in [6.07, 6.45) is 4.08. The quantitative estimate of drug-likeness (QED) is 0.782. The standard InChI is InChI=1S/C13H18FN3O/c14-5-1-6-17-7-4-12(9-17)16-11-2-3-13(10-18)15-8-11/h2-3,8,10,12,16H,1,4-7,9H2. The maximum absolute atomic E-state index is 12.1. The smallest absolute Gasteiger partial charge is 0.168 e. The molecule has 1 aromatic rings. The van der Waals surface area contributed by atoms with Crippen LogP contribution in [-0.4, -0.2) is 48.5 Å². The summed E-state index contributed by atoms with van der Waals surface area (Å²) in [6.45, 7) is 2.54. The molecule has 0 saturated carbocycles. The normalized spacial score (nSPS) is 19.9. The number of aromatic nitrogens is 1. The number of carbonyl (C=O) groups excluding carboxylic acids is 1. The molecule has 1 fully saturated rings. The van der Waals surface area contributed by atoms with Crippen molar-refractivity contribution in [2.24, 2.45) is 0 Å². The van der Waals surface area contributed by atoms with E-state index >= 15 is 0 Å². The monoisotopic (exact) mass is 251 g/mol. The number of rotatable bonds is 6. The lowest BCUT2D eigenvalue weighted by Crippen LogP contribution is -2.27. The van der Waals surface area contributed by atoms with Gasteiger partial charge in [-0.1, -0.05) is 0 Å². The Labute approximate surface area is 106 Å². The zero-order valence-corrected chi connectivity index (χ0v) is 10.3. The second-order valence-electron chi connectivity index (χ2n) is 4.56. The summed E-state index contributed by atoms with van der Waals surface area (Å²) < 4.78 is 12.1. The number of alkyl halides is 1. The molecule has 98 valence electrons. The first-order valence-corrected chi connectivity index (χ1v) is 6.28. The van der Waals surface area contributed by atoms with Crippen LogP contribution in [0.3, 0.4) is 0 Å². The Morgan fingerprint density at radius 2 is 2.44 bits per heavy atom. The number of aldehydes is 1. The van der Waals surface area contributed by atoms with Crippen molar-refractivity contribution >= 4 is 12.0 Å². The van der Waals surface area contributed by atoms with Crippen LogP contribution in [0.15, 0.2) is 18.3 Å². The number of likely N-dealkylation sites (tertiary alicyclic amines) is 1. The van der Waals surface area contributed by atoms with Gasteiger partial charge >= 0.3 is 0 Å². The van der Waals surface area contributed by atoms with E-state index in [2.05, 4.69) is 15.2 Å². The van der Waals surface area contributed by atoms with E-state index in [-0.39, 0.29) is 6.67 Å². The van der Waals surface area contributed by atoms with Gasteiger partial charge in [0, 0.05) is 25.7 Å². The summed E-state index contributed by atoms with van der Waals surface area (Å²) >= 11 is 0. The Balaban J connectivity index is 1.81. The van der Waals surface area contributed by atoms with Crippen LogP contribution >= 0.6 is 0 Å². The first-order valence-electron chi connectivity index (χ1n) is 6.28. The van der Waals surface area contributed by atoms with Crippen LogP contribution in [0.4, 0.5) is 10.1 Å². The van der Waals surface area contributed by atoms with Crippen LogP contribution in [0.2, 0.25) is 0 Å². The SMILES string of the molecule is O=Cc1ccc(NC2CCN(CCCF)C2)cn1. The number of halogens is 1. The van der Waals surface area contributed by atoms with Crippen molar-refractivity contribution in [3.63, 3.8) is 0 Å². The number of nitrogens with one attached hydrogen (secondary N) is 1. The van der Waals surface area contributed by atoms with Gasteiger partial charge in [-0.05, 0) is 25.0 Å². The van der Waals surface area contributed by atoms with Crippen LogP contribution in [0, 0.1) is 0 Å². The number of hydrogen-bond donors (Lipinski definition) is 1. The summed E-state index contributed by atoms with van der Waals surface area (Å²) in [7, 11) is 0. The second kappa shape index (κ2) is 6.44. The van der Waals surface area contributed by atoms with E-state index in [0.29, 0.717) is 18.2 Å². The van der Waals surface area contributed by atoms with E-state index in [1.807, 2.05) is 6.07 Å². The molecule has 1 saturated heterocycles. The van der Waals surface area contributed by atoms with Crippen molar-refractivity contribution in [2.75, 3.05) is 31.6 Å². The van der Waals surface area contributed by atoms with Crippen LogP contribution in [-0.2, 0) is 0 Å². The molecule has 1 aromatic heterocycles.